The van der Waals surface area contributed by atoms with Gasteiger partial charge in [-0.2, -0.15) is 0 Å². The van der Waals surface area contributed by atoms with Gasteiger partial charge >= 0.3 is 0 Å². The summed E-state index contributed by atoms with van der Waals surface area (Å²) in [7, 11) is 1.76. The van der Waals surface area contributed by atoms with E-state index < -0.39 is 0 Å². The van der Waals surface area contributed by atoms with Crippen LogP contribution < -0.4 is 5.32 Å². The molecule has 0 saturated heterocycles. The number of hydrogen-bond acceptors (Lipinski definition) is 3. The first-order valence-corrected chi connectivity index (χ1v) is 5.10. The molecule has 0 radical (unpaired) electrons. The smallest absolute Gasteiger partial charge is 0.194 e. The summed E-state index contributed by atoms with van der Waals surface area (Å²) >= 11 is 0. The van der Waals surface area contributed by atoms with Gasteiger partial charge in [-0.25, -0.2) is 4.98 Å². The first-order valence-electron chi connectivity index (χ1n) is 5.10. The highest BCUT2D eigenvalue weighted by Gasteiger charge is 2.16. The topological polar surface area (TPSA) is 42.0 Å². The number of ketones is 1. The number of aromatic nitrogens is 1. The van der Waals surface area contributed by atoms with Crippen molar-refractivity contribution in [1.29, 1.82) is 0 Å². The lowest BCUT2D eigenvalue weighted by atomic mass is 9.91. The molecular weight excluding hydrogens is 200 g/mol. The second kappa shape index (κ2) is 5.75. The zero-order valence-corrected chi connectivity index (χ0v) is 9.79. The van der Waals surface area contributed by atoms with E-state index in [1.807, 2.05) is 12.1 Å². The van der Waals surface area contributed by atoms with Crippen molar-refractivity contribution in [3.05, 3.63) is 29.6 Å². The summed E-state index contributed by atoms with van der Waals surface area (Å²) < 4.78 is 0. The molecule has 0 aliphatic heterocycles. The van der Waals surface area contributed by atoms with Gasteiger partial charge in [-0.05, 0) is 19.2 Å². The normalized spacial score (nSPS) is 10.8. The van der Waals surface area contributed by atoms with E-state index in [1.165, 1.54) is 0 Å². The average Bonchev–Trinajstić information content (AvgIpc) is 2.17. The molecule has 3 nitrogen and oxygen atoms in total. The number of likely N-dealkylation sites (N-methyl/N-ethyl adjacent to an activating group) is 1. The fraction of sp³-hybridized carbons (Fsp3) is 0.538. The Morgan fingerprint density at radius 3 is 2.50 bits per heavy atom. The number of hydrogen-bond donors (Lipinski definition) is 1. The number of carbonyl (C=O) groups excluding carboxylic acids is 1. The van der Waals surface area contributed by atoms with Crippen molar-refractivity contribution in [2.75, 3.05) is 13.6 Å². The molecule has 0 unspecified atom stereocenters. The summed E-state index contributed by atoms with van der Waals surface area (Å²) in [4.78, 5) is 16.0. The van der Waals surface area contributed by atoms with Gasteiger partial charge in [0.05, 0.1) is 6.54 Å². The molecular formula is C13H22N2O. The van der Waals surface area contributed by atoms with Gasteiger partial charge in [0.2, 0.25) is 0 Å². The molecule has 0 fully saturated rings. The van der Waals surface area contributed by atoms with Crippen molar-refractivity contribution in [3.8, 4) is 0 Å². The van der Waals surface area contributed by atoms with Crippen LogP contribution in [0.4, 0.5) is 0 Å². The van der Waals surface area contributed by atoms with Crippen molar-refractivity contribution < 1.29 is 4.79 Å². The highest BCUT2D eigenvalue weighted by molar-refractivity contribution is 5.95. The lowest BCUT2D eigenvalue weighted by Gasteiger charge is -2.17. The summed E-state index contributed by atoms with van der Waals surface area (Å²) in [5.41, 5.74) is 1.47. The van der Waals surface area contributed by atoms with Crippen molar-refractivity contribution >= 4 is 5.78 Å². The summed E-state index contributed by atoms with van der Waals surface area (Å²) in [5, 5.41) is 2.83. The van der Waals surface area contributed by atoms with Crippen LogP contribution in [0.2, 0.25) is 0 Å². The first-order chi connectivity index (χ1) is 6.95. The van der Waals surface area contributed by atoms with Crippen molar-refractivity contribution in [3.63, 3.8) is 0 Å². The second-order valence-electron chi connectivity index (χ2n) is 4.61. The minimum absolute atomic E-state index is 0. The SMILES string of the molecule is C.CNCC(=O)c1cccc(C(C)(C)C)n1. The summed E-state index contributed by atoms with van der Waals surface area (Å²) in [6.45, 7) is 6.59. The van der Waals surface area contributed by atoms with Gasteiger partial charge in [-0.3, -0.25) is 4.79 Å². The molecule has 0 atom stereocenters. The Morgan fingerprint density at radius 2 is 2.00 bits per heavy atom. The van der Waals surface area contributed by atoms with Crippen LogP contribution in [0, 0.1) is 0 Å². The largest absolute Gasteiger partial charge is 0.313 e. The molecule has 0 bridgehead atoms. The zero-order valence-electron chi connectivity index (χ0n) is 9.79. The van der Waals surface area contributed by atoms with E-state index in [0.29, 0.717) is 12.2 Å². The molecule has 3 heteroatoms. The molecule has 1 N–H and O–H groups in total. The highest BCUT2D eigenvalue weighted by atomic mass is 16.1. The molecule has 0 amide bonds. The van der Waals surface area contributed by atoms with Gasteiger partial charge in [0.25, 0.3) is 0 Å². The van der Waals surface area contributed by atoms with Crippen LogP contribution >= 0.6 is 0 Å². The summed E-state index contributed by atoms with van der Waals surface area (Å²) in [5.74, 6) is 0.0311. The van der Waals surface area contributed by atoms with E-state index in [2.05, 4.69) is 31.1 Å². The number of rotatable bonds is 3. The molecule has 1 aromatic heterocycles. The quantitative estimate of drug-likeness (QED) is 0.799. The summed E-state index contributed by atoms with van der Waals surface area (Å²) in [6, 6.07) is 5.60. The molecule has 1 rings (SSSR count). The number of carbonyl (C=O) groups is 1. The monoisotopic (exact) mass is 222 g/mol. The van der Waals surface area contributed by atoms with Crippen LogP contribution in [0.1, 0.15) is 44.4 Å². The Kier molecular flexibility index (Phi) is 5.31. The van der Waals surface area contributed by atoms with Crippen LogP contribution in [-0.2, 0) is 5.41 Å². The molecule has 0 spiro atoms. The lowest BCUT2D eigenvalue weighted by Crippen LogP contribution is -2.21. The van der Waals surface area contributed by atoms with Crippen LogP contribution in [0.15, 0.2) is 18.2 Å². The van der Waals surface area contributed by atoms with Gasteiger partial charge in [0.15, 0.2) is 5.78 Å². The fourth-order valence-corrected chi connectivity index (χ4v) is 1.26. The first kappa shape index (κ1) is 14.8. The molecule has 0 saturated carbocycles. The molecule has 1 aromatic rings. The Labute approximate surface area is 98.3 Å². The van der Waals surface area contributed by atoms with Gasteiger partial charge < -0.3 is 5.32 Å². The number of nitrogens with one attached hydrogen (secondary N) is 1. The number of Topliss-reactive ketones (excluding diaryl/α,β-unsaturated/α-hetero) is 1. The van der Waals surface area contributed by atoms with Gasteiger partial charge in [-0.15, -0.1) is 0 Å². The van der Waals surface area contributed by atoms with E-state index in [1.54, 1.807) is 13.1 Å². The van der Waals surface area contributed by atoms with E-state index >= 15 is 0 Å². The van der Waals surface area contributed by atoms with Crippen molar-refractivity contribution in [1.82, 2.24) is 10.3 Å². The van der Waals surface area contributed by atoms with E-state index in [-0.39, 0.29) is 18.6 Å². The minimum atomic E-state index is -0.0179. The summed E-state index contributed by atoms with van der Waals surface area (Å²) in [6.07, 6.45) is 0. The Morgan fingerprint density at radius 1 is 1.38 bits per heavy atom. The van der Waals surface area contributed by atoms with Gasteiger partial charge in [-0.1, -0.05) is 34.3 Å². The fourth-order valence-electron chi connectivity index (χ4n) is 1.26. The predicted molar refractivity (Wildman–Crippen MR) is 67.9 cm³/mol. The minimum Gasteiger partial charge on any atom is -0.313 e. The maximum absolute atomic E-state index is 11.6. The van der Waals surface area contributed by atoms with Crippen LogP contribution in [0.5, 0.6) is 0 Å². The number of pyridine rings is 1. The lowest BCUT2D eigenvalue weighted by molar-refractivity contribution is 0.0988. The third-order valence-corrected chi connectivity index (χ3v) is 2.14. The zero-order chi connectivity index (χ0) is 11.5. The van der Waals surface area contributed by atoms with E-state index in [4.69, 9.17) is 0 Å². The third kappa shape index (κ3) is 3.74. The maximum atomic E-state index is 11.6. The van der Waals surface area contributed by atoms with Crippen LogP contribution in [0.3, 0.4) is 0 Å². The number of nitrogens with zero attached hydrogens (tertiary/aromatic N) is 1. The van der Waals surface area contributed by atoms with Gasteiger partial charge in [0, 0.05) is 11.1 Å². The molecule has 0 aliphatic carbocycles. The Balaban J connectivity index is 0.00000225. The van der Waals surface area contributed by atoms with Gasteiger partial charge in [0.1, 0.15) is 5.69 Å². The highest BCUT2D eigenvalue weighted by Crippen LogP contribution is 2.19. The van der Waals surface area contributed by atoms with Crippen LogP contribution in [-0.4, -0.2) is 24.4 Å². The third-order valence-electron chi connectivity index (χ3n) is 2.14. The maximum Gasteiger partial charge on any atom is 0.194 e. The Bertz CT molecular complexity index is 353. The van der Waals surface area contributed by atoms with E-state index in [9.17, 15) is 4.79 Å². The Hall–Kier alpha value is -1.22. The van der Waals surface area contributed by atoms with Crippen molar-refractivity contribution in [2.45, 2.75) is 33.6 Å². The predicted octanol–water partition coefficient (Wildman–Crippen LogP) is 2.42. The molecule has 90 valence electrons. The standard InChI is InChI=1S/C12H18N2O.CH4/c1-12(2,3)11-7-5-6-9(14-11)10(15)8-13-4;/h5-7,13H,8H2,1-4H3;1H4. The van der Waals surface area contributed by atoms with Crippen molar-refractivity contribution in [2.24, 2.45) is 0 Å². The molecule has 1 heterocycles. The molecule has 0 aliphatic rings. The second-order valence-corrected chi connectivity index (χ2v) is 4.61. The average molecular weight is 222 g/mol. The van der Waals surface area contributed by atoms with Crippen LogP contribution in [0.25, 0.3) is 0 Å². The molecule has 0 aromatic carbocycles. The van der Waals surface area contributed by atoms with E-state index in [0.717, 1.165) is 5.69 Å². The molecule has 16 heavy (non-hydrogen) atoms.